The van der Waals surface area contributed by atoms with Crippen LogP contribution in [0.15, 0.2) is 47.4 Å². The molecule has 2 aromatic carbocycles. The largest absolute Gasteiger partial charge is 0.496 e. The van der Waals surface area contributed by atoms with Gasteiger partial charge >= 0.3 is 0 Å². The molecule has 2 amide bonds. The van der Waals surface area contributed by atoms with Crippen LogP contribution in [0.25, 0.3) is 6.08 Å². The summed E-state index contributed by atoms with van der Waals surface area (Å²) in [6, 6.07) is 14.9. The number of nitriles is 1. The minimum Gasteiger partial charge on any atom is -0.496 e. The smallest absolute Gasteiger partial charge is 0.293 e. The van der Waals surface area contributed by atoms with E-state index in [2.05, 4.69) is 24.8 Å². The first kappa shape index (κ1) is 21.5. The average Bonchev–Trinajstić information content (AvgIpc) is 3.03. The molecule has 154 valence electrons. The molecule has 0 aliphatic carbocycles. The molecule has 3 rings (SSSR count). The van der Waals surface area contributed by atoms with Gasteiger partial charge in [-0.25, -0.2) is 0 Å². The van der Waals surface area contributed by atoms with Crippen LogP contribution in [0.3, 0.4) is 0 Å². The molecule has 2 aromatic rings. The number of thioether (sulfide) groups is 1. The Morgan fingerprint density at radius 2 is 1.90 bits per heavy atom. The Balaban J connectivity index is 1.87. The molecule has 1 heterocycles. The number of nitrogens with zero attached hydrogens (tertiary/aromatic N) is 3. The SMILES string of the molecule is CCN(CC)c1ccc(/C=C2/SC(=O)N(Cc3ccccc3C#N)C2=O)c(OC)c1. The van der Waals surface area contributed by atoms with Gasteiger partial charge in [0.25, 0.3) is 11.1 Å². The van der Waals surface area contributed by atoms with Crippen LogP contribution in [0.1, 0.15) is 30.5 Å². The number of amides is 2. The van der Waals surface area contributed by atoms with Crippen LogP contribution in [0.4, 0.5) is 10.5 Å². The lowest BCUT2D eigenvalue weighted by Gasteiger charge is -2.22. The molecule has 7 heteroatoms. The summed E-state index contributed by atoms with van der Waals surface area (Å²) in [7, 11) is 1.59. The molecule has 30 heavy (non-hydrogen) atoms. The fourth-order valence-electron chi connectivity index (χ4n) is 3.32. The Kier molecular flexibility index (Phi) is 6.80. The van der Waals surface area contributed by atoms with Gasteiger partial charge in [-0.1, -0.05) is 18.2 Å². The summed E-state index contributed by atoms with van der Waals surface area (Å²) in [5.41, 5.74) is 2.87. The lowest BCUT2D eigenvalue weighted by atomic mass is 10.1. The van der Waals surface area contributed by atoms with Gasteiger partial charge in [-0.2, -0.15) is 5.26 Å². The van der Waals surface area contributed by atoms with Crippen molar-refractivity contribution in [1.82, 2.24) is 4.90 Å². The highest BCUT2D eigenvalue weighted by Crippen LogP contribution is 2.36. The second kappa shape index (κ2) is 9.51. The van der Waals surface area contributed by atoms with Crippen LogP contribution in [-0.2, 0) is 11.3 Å². The molecule has 0 saturated carbocycles. The van der Waals surface area contributed by atoms with Crippen molar-refractivity contribution >= 4 is 34.7 Å². The first-order chi connectivity index (χ1) is 14.5. The lowest BCUT2D eigenvalue weighted by molar-refractivity contribution is -0.123. The second-order valence-electron chi connectivity index (χ2n) is 6.64. The van der Waals surface area contributed by atoms with E-state index in [0.717, 1.165) is 36.1 Å². The van der Waals surface area contributed by atoms with Gasteiger partial charge in [-0.15, -0.1) is 0 Å². The number of rotatable bonds is 7. The zero-order chi connectivity index (χ0) is 21.7. The lowest BCUT2D eigenvalue weighted by Crippen LogP contribution is -2.27. The Hall–Kier alpha value is -3.24. The predicted molar refractivity (Wildman–Crippen MR) is 119 cm³/mol. The topological polar surface area (TPSA) is 73.6 Å². The molecule has 1 aliphatic rings. The molecule has 0 spiro atoms. The van der Waals surface area contributed by atoms with Crippen LogP contribution < -0.4 is 9.64 Å². The molecule has 0 aromatic heterocycles. The molecule has 0 atom stereocenters. The summed E-state index contributed by atoms with van der Waals surface area (Å²) in [5, 5.41) is 8.90. The highest BCUT2D eigenvalue weighted by atomic mass is 32.2. The maximum absolute atomic E-state index is 12.9. The van der Waals surface area contributed by atoms with E-state index in [0.29, 0.717) is 21.8 Å². The van der Waals surface area contributed by atoms with Crippen molar-refractivity contribution in [2.24, 2.45) is 0 Å². The zero-order valence-corrected chi connectivity index (χ0v) is 18.0. The number of methoxy groups -OCH3 is 1. The third-order valence-corrected chi connectivity index (χ3v) is 5.88. The maximum Gasteiger partial charge on any atom is 0.293 e. The second-order valence-corrected chi connectivity index (χ2v) is 7.63. The number of carbonyl (C=O) groups is 2. The Morgan fingerprint density at radius 3 is 2.57 bits per heavy atom. The molecule has 1 fully saturated rings. The van der Waals surface area contributed by atoms with E-state index >= 15 is 0 Å². The van der Waals surface area contributed by atoms with Crippen LogP contribution in [0, 0.1) is 11.3 Å². The van der Waals surface area contributed by atoms with E-state index in [1.54, 1.807) is 37.5 Å². The molecule has 6 nitrogen and oxygen atoms in total. The standard InChI is InChI=1S/C23H23N3O3S/c1-4-25(5-2)19-11-10-16(20(13-19)29-3)12-21-22(27)26(23(28)30-21)15-18-9-7-6-8-17(18)14-24/h6-13H,4-5,15H2,1-3H3/b21-12+. The first-order valence-electron chi connectivity index (χ1n) is 9.68. The first-order valence-corrected chi connectivity index (χ1v) is 10.5. The number of imide groups is 1. The number of hydrogen-bond donors (Lipinski definition) is 0. The molecular weight excluding hydrogens is 398 g/mol. The molecule has 1 saturated heterocycles. The van der Waals surface area contributed by atoms with Crippen LogP contribution in [0.2, 0.25) is 0 Å². The summed E-state index contributed by atoms with van der Waals surface area (Å²) < 4.78 is 5.52. The Morgan fingerprint density at radius 1 is 1.17 bits per heavy atom. The van der Waals surface area contributed by atoms with Crippen LogP contribution in [-0.4, -0.2) is 36.2 Å². The van der Waals surface area contributed by atoms with Gasteiger partial charge in [-0.3, -0.25) is 14.5 Å². The zero-order valence-electron chi connectivity index (χ0n) is 17.2. The van der Waals surface area contributed by atoms with Crippen molar-refractivity contribution in [3.63, 3.8) is 0 Å². The van der Waals surface area contributed by atoms with E-state index < -0.39 is 0 Å². The maximum atomic E-state index is 12.9. The van der Waals surface area contributed by atoms with E-state index in [-0.39, 0.29) is 17.7 Å². The van der Waals surface area contributed by atoms with Crippen molar-refractivity contribution in [2.45, 2.75) is 20.4 Å². The molecule has 0 bridgehead atoms. The highest BCUT2D eigenvalue weighted by molar-refractivity contribution is 8.18. The fraction of sp³-hybridized carbons (Fsp3) is 0.261. The van der Waals surface area contributed by atoms with E-state index in [1.165, 1.54) is 4.90 Å². The van der Waals surface area contributed by atoms with Gasteiger partial charge in [0.2, 0.25) is 0 Å². The fourth-order valence-corrected chi connectivity index (χ4v) is 4.15. The van der Waals surface area contributed by atoms with Crippen LogP contribution in [0.5, 0.6) is 5.75 Å². The van der Waals surface area contributed by atoms with Crippen molar-refractivity contribution in [2.75, 3.05) is 25.1 Å². The van der Waals surface area contributed by atoms with Crippen molar-refractivity contribution in [3.8, 4) is 11.8 Å². The van der Waals surface area contributed by atoms with Gasteiger partial charge in [0, 0.05) is 30.4 Å². The molecule has 0 radical (unpaired) electrons. The van der Waals surface area contributed by atoms with E-state index in [9.17, 15) is 14.9 Å². The minimum absolute atomic E-state index is 0.0732. The third kappa shape index (κ3) is 4.34. The summed E-state index contributed by atoms with van der Waals surface area (Å²) >= 11 is 0.898. The van der Waals surface area contributed by atoms with Crippen molar-refractivity contribution < 1.29 is 14.3 Å². The Bertz CT molecular complexity index is 1040. The number of carbonyl (C=O) groups excluding carboxylic acids is 2. The monoisotopic (exact) mass is 421 g/mol. The number of anilines is 1. The quantitative estimate of drug-likeness (QED) is 0.606. The van der Waals surface area contributed by atoms with Gasteiger partial charge < -0.3 is 9.64 Å². The van der Waals surface area contributed by atoms with E-state index in [4.69, 9.17) is 4.74 Å². The molecular formula is C23H23N3O3S. The van der Waals surface area contributed by atoms with Crippen LogP contribution >= 0.6 is 11.8 Å². The minimum atomic E-state index is -0.368. The number of benzene rings is 2. The molecule has 0 unspecified atom stereocenters. The van der Waals surface area contributed by atoms with Gasteiger partial charge in [0.05, 0.1) is 30.2 Å². The predicted octanol–water partition coefficient (Wildman–Crippen LogP) is 4.65. The normalized spacial score (nSPS) is 14.9. The number of ether oxygens (including phenoxy) is 1. The average molecular weight is 422 g/mol. The summed E-state index contributed by atoms with van der Waals surface area (Å²) in [5.74, 6) is 0.272. The van der Waals surface area contributed by atoms with Crippen molar-refractivity contribution in [1.29, 1.82) is 5.26 Å². The summed E-state index contributed by atoms with van der Waals surface area (Å²) in [6.07, 6.45) is 1.69. The van der Waals surface area contributed by atoms with Gasteiger partial charge in [0.1, 0.15) is 5.75 Å². The number of hydrogen-bond acceptors (Lipinski definition) is 6. The Labute approximate surface area is 180 Å². The third-order valence-electron chi connectivity index (χ3n) is 4.97. The summed E-state index contributed by atoms with van der Waals surface area (Å²) in [4.78, 5) is 29.1. The summed E-state index contributed by atoms with van der Waals surface area (Å²) in [6.45, 7) is 6.00. The van der Waals surface area contributed by atoms with E-state index in [1.807, 2.05) is 18.2 Å². The van der Waals surface area contributed by atoms with Gasteiger partial charge in [0.15, 0.2) is 0 Å². The molecule has 0 N–H and O–H groups in total. The highest BCUT2D eigenvalue weighted by Gasteiger charge is 2.35. The molecule has 1 aliphatic heterocycles. The van der Waals surface area contributed by atoms with Crippen molar-refractivity contribution in [3.05, 3.63) is 64.1 Å². The van der Waals surface area contributed by atoms with Gasteiger partial charge in [-0.05, 0) is 55.4 Å².